The molecule has 15 heavy (non-hydrogen) atoms. The maximum Gasteiger partial charge on any atom is 0.234 e. The number of hydrogen-bond acceptors (Lipinski definition) is 1. The Morgan fingerprint density at radius 3 is 2.73 bits per heavy atom. The van der Waals surface area contributed by atoms with Crippen molar-refractivity contribution in [3.63, 3.8) is 0 Å². The average Bonchev–Trinajstić information content (AvgIpc) is 2.99. The highest BCUT2D eigenvalue weighted by Crippen LogP contribution is 2.35. The van der Waals surface area contributed by atoms with Crippen LogP contribution in [-0.4, -0.2) is 6.61 Å². The van der Waals surface area contributed by atoms with Gasteiger partial charge in [0.15, 0.2) is 11.6 Å². The minimum atomic E-state index is -0.804. The molecular weight excluding hydrogens is 200 g/mol. The quantitative estimate of drug-likeness (QED) is 0.696. The topological polar surface area (TPSA) is 13.6 Å². The summed E-state index contributed by atoms with van der Waals surface area (Å²) in [5.74, 6) is -1.22. The van der Waals surface area contributed by atoms with E-state index in [9.17, 15) is 8.78 Å². The van der Waals surface area contributed by atoms with Gasteiger partial charge in [-0.15, -0.1) is 0 Å². The van der Waals surface area contributed by atoms with Crippen molar-refractivity contribution in [3.05, 3.63) is 35.2 Å². The molecule has 0 amide bonds. The van der Waals surface area contributed by atoms with Crippen LogP contribution in [0.2, 0.25) is 0 Å². The molecular formula is C11H9F2NO. The first kappa shape index (κ1) is 9.91. The van der Waals surface area contributed by atoms with Crippen molar-refractivity contribution in [3.8, 4) is 5.75 Å². The van der Waals surface area contributed by atoms with Crippen LogP contribution in [0.15, 0.2) is 12.1 Å². The van der Waals surface area contributed by atoms with E-state index in [0.717, 1.165) is 25.0 Å². The van der Waals surface area contributed by atoms with Gasteiger partial charge >= 0.3 is 0 Å². The van der Waals surface area contributed by atoms with Gasteiger partial charge in [-0.05, 0) is 24.8 Å². The molecule has 2 rings (SSSR count). The van der Waals surface area contributed by atoms with Gasteiger partial charge in [0.05, 0.1) is 13.2 Å². The van der Waals surface area contributed by atoms with Gasteiger partial charge in [0, 0.05) is 6.07 Å². The third kappa shape index (κ3) is 2.24. The first-order valence-corrected chi connectivity index (χ1v) is 4.70. The van der Waals surface area contributed by atoms with E-state index in [1.165, 1.54) is 0 Å². The van der Waals surface area contributed by atoms with Gasteiger partial charge in [0.25, 0.3) is 0 Å². The Kier molecular flexibility index (Phi) is 2.55. The third-order valence-corrected chi connectivity index (χ3v) is 2.27. The van der Waals surface area contributed by atoms with Gasteiger partial charge < -0.3 is 4.74 Å². The normalized spacial score (nSPS) is 14.7. The van der Waals surface area contributed by atoms with Crippen LogP contribution in [0.25, 0.3) is 4.85 Å². The van der Waals surface area contributed by atoms with Crippen LogP contribution in [0, 0.1) is 24.1 Å². The number of benzene rings is 1. The number of halogens is 2. The Hall–Kier alpha value is -1.63. The highest BCUT2D eigenvalue weighted by molar-refractivity contribution is 5.58. The molecule has 4 heteroatoms. The standard InChI is InChI=1S/C11H9F2NO/c1-14-10-5-8(12)4-9(13)11(10)15-6-7-2-3-7/h4-5,7H,2-3,6H2. The lowest BCUT2D eigenvalue weighted by molar-refractivity contribution is 0.286. The summed E-state index contributed by atoms with van der Waals surface area (Å²) in [4.78, 5) is 3.04. The van der Waals surface area contributed by atoms with Crippen LogP contribution in [-0.2, 0) is 0 Å². The van der Waals surface area contributed by atoms with Crippen LogP contribution in [0.4, 0.5) is 14.5 Å². The predicted octanol–water partition coefficient (Wildman–Crippen LogP) is 3.30. The van der Waals surface area contributed by atoms with E-state index >= 15 is 0 Å². The number of ether oxygens (including phenoxy) is 1. The summed E-state index contributed by atoms with van der Waals surface area (Å²) in [5, 5.41) is 0. The second-order valence-electron chi connectivity index (χ2n) is 3.60. The average molecular weight is 209 g/mol. The van der Waals surface area contributed by atoms with Crippen LogP contribution < -0.4 is 4.74 Å². The van der Waals surface area contributed by atoms with Crippen molar-refractivity contribution in [1.82, 2.24) is 0 Å². The van der Waals surface area contributed by atoms with Crippen molar-refractivity contribution in [2.45, 2.75) is 12.8 Å². The summed E-state index contributed by atoms with van der Waals surface area (Å²) in [7, 11) is 0. The Balaban J connectivity index is 2.22. The number of rotatable bonds is 3. The molecule has 0 spiro atoms. The second kappa shape index (κ2) is 3.85. The SMILES string of the molecule is [C-]#[N+]c1cc(F)cc(F)c1OCC1CC1. The van der Waals surface area contributed by atoms with Crippen molar-refractivity contribution < 1.29 is 13.5 Å². The summed E-state index contributed by atoms with van der Waals surface area (Å²) in [5.41, 5.74) is -0.104. The van der Waals surface area contributed by atoms with Crippen molar-refractivity contribution in [2.24, 2.45) is 5.92 Å². The first-order chi connectivity index (χ1) is 7.20. The smallest absolute Gasteiger partial charge is 0.234 e. The van der Waals surface area contributed by atoms with E-state index < -0.39 is 11.6 Å². The van der Waals surface area contributed by atoms with Crippen LogP contribution >= 0.6 is 0 Å². The molecule has 1 fully saturated rings. The minimum absolute atomic E-state index is 0.104. The molecule has 0 saturated heterocycles. The van der Waals surface area contributed by atoms with Crippen molar-refractivity contribution in [2.75, 3.05) is 6.61 Å². The zero-order valence-electron chi connectivity index (χ0n) is 7.96. The Morgan fingerprint density at radius 2 is 2.13 bits per heavy atom. The van der Waals surface area contributed by atoms with E-state index in [1.807, 2.05) is 0 Å². The highest BCUT2D eigenvalue weighted by Gasteiger charge is 2.23. The molecule has 0 heterocycles. The predicted molar refractivity (Wildman–Crippen MR) is 50.8 cm³/mol. The maximum absolute atomic E-state index is 13.3. The van der Waals surface area contributed by atoms with E-state index in [0.29, 0.717) is 12.5 Å². The molecule has 0 aromatic heterocycles. The van der Waals surface area contributed by atoms with E-state index in [1.54, 1.807) is 0 Å². The fraction of sp³-hybridized carbons (Fsp3) is 0.364. The maximum atomic E-state index is 13.3. The fourth-order valence-electron chi connectivity index (χ4n) is 1.26. The van der Waals surface area contributed by atoms with Gasteiger partial charge in [-0.25, -0.2) is 13.6 Å². The summed E-state index contributed by atoms with van der Waals surface area (Å²) >= 11 is 0. The number of hydrogen-bond donors (Lipinski definition) is 0. The molecule has 2 nitrogen and oxygen atoms in total. The van der Waals surface area contributed by atoms with E-state index in [2.05, 4.69) is 4.85 Å². The molecule has 1 aromatic carbocycles. The van der Waals surface area contributed by atoms with E-state index in [4.69, 9.17) is 11.3 Å². The molecule has 78 valence electrons. The Morgan fingerprint density at radius 1 is 1.40 bits per heavy atom. The van der Waals surface area contributed by atoms with Gasteiger partial charge in [0.1, 0.15) is 5.82 Å². The van der Waals surface area contributed by atoms with Gasteiger partial charge in [-0.3, -0.25) is 0 Å². The Bertz CT molecular complexity index is 421. The molecule has 1 aliphatic rings. The molecule has 0 radical (unpaired) electrons. The van der Waals surface area contributed by atoms with Crippen LogP contribution in [0.3, 0.4) is 0 Å². The monoisotopic (exact) mass is 209 g/mol. The second-order valence-corrected chi connectivity index (χ2v) is 3.60. The molecule has 0 aliphatic heterocycles. The van der Waals surface area contributed by atoms with E-state index in [-0.39, 0.29) is 11.4 Å². The Labute approximate surface area is 86.3 Å². The summed E-state index contributed by atoms with van der Waals surface area (Å²) in [6, 6.07) is 1.72. The van der Waals surface area contributed by atoms with Gasteiger partial charge in [-0.1, -0.05) is 0 Å². The van der Waals surface area contributed by atoms with Gasteiger partial charge in [0.2, 0.25) is 5.69 Å². The lowest BCUT2D eigenvalue weighted by Crippen LogP contribution is -2.01. The zero-order chi connectivity index (χ0) is 10.8. The molecule has 0 N–H and O–H groups in total. The van der Waals surface area contributed by atoms with Crippen LogP contribution in [0.5, 0.6) is 5.75 Å². The molecule has 1 aliphatic carbocycles. The molecule has 0 bridgehead atoms. The van der Waals surface area contributed by atoms with Crippen molar-refractivity contribution in [1.29, 1.82) is 0 Å². The fourth-order valence-corrected chi connectivity index (χ4v) is 1.26. The van der Waals surface area contributed by atoms with Crippen molar-refractivity contribution >= 4 is 5.69 Å². The number of nitrogens with zero attached hydrogens (tertiary/aromatic N) is 1. The summed E-state index contributed by atoms with van der Waals surface area (Å²) < 4.78 is 31.2. The highest BCUT2D eigenvalue weighted by atomic mass is 19.1. The van der Waals surface area contributed by atoms with Crippen LogP contribution in [0.1, 0.15) is 12.8 Å². The molecule has 0 unspecified atom stereocenters. The summed E-state index contributed by atoms with van der Waals surface area (Å²) in [6.07, 6.45) is 2.16. The minimum Gasteiger partial charge on any atom is -0.501 e. The molecule has 1 aromatic rings. The lowest BCUT2D eigenvalue weighted by Gasteiger charge is -2.08. The zero-order valence-corrected chi connectivity index (χ0v) is 7.96. The first-order valence-electron chi connectivity index (χ1n) is 4.70. The lowest BCUT2D eigenvalue weighted by atomic mass is 10.2. The summed E-state index contributed by atoms with van der Waals surface area (Å²) in [6.45, 7) is 7.20. The van der Waals surface area contributed by atoms with Gasteiger partial charge in [-0.2, -0.15) is 0 Å². The molecule has 0 atom stereocenters. The molecule has 1 saturated carbocycles. The largest absolute Gasteiger partial charge is 0.501 e. The third-order valence-electron chi connectivity index (χ3n) is 2.27.